The van der Waals surface area contributed by atoms with Crippen LogP contribution in [0.1, 0.15) is 28.0 Å². The molecule has 0 fully saturated rings. The van der Waals surface area contributed by atoms with E-state index in [-0.39, 0.29) is 11.9 Å². The third-order valence-electron chi connectivity index (χ3n) is 4.77. The molecule has 0 spiro atoms. The van der Waals surface area contributed by atoms with Gasteiger partial charge in [-0.2, -0.15) is 0 Å². The highest BCUT2D eigenvalue weighted by atomic mass is 16.5. The van der Waals surface area contributed by atoms with Gasteiger partial charge in [0.1, 0.15) is 5.75 Å². The molecule has 1 aliphatic rings. The Balaban J connectivity index is 1.58. The van der Waals surface area contributed by atoms with Gasteiger partial charge in [0, 0.05) is 28.2 Å². The van der Waals surface area contributed by atoms with Crippen molar-refractivity contribution in [1.29, 1.82) is 0 Å². The Morgan fingerprint density at radius 2 is 2.04 bits per heavy atom. The number of carbonyl (C=O) groups excluding carboxylic acids is 1. The normalized spacial score (nSPS) is 16.6. The summed E-state index contributed by atoms with van der Waals surface area (Å²) in [4.78, 5) is 15.9. The van der Waals surface area contributed by atoms with Crippen LogP contribution >= 0.6 is 0 Å². The zero-order valence-corrected chi connectivity index (χ0v) is 13.6. The van der Waals surface area contributed by atoms with Crippen LogP contribution in [0.3, 0.4) is 0 Å². The number of rotatable bonds is 3. The number of aromatic nitrogens is 1. The number of aryl methyl sites for hydroxylation is 1. The van der Waals surface area contributed by atoms with Gasteiger partial charge in [-0.05, 0) is 55.2 Å². The van der Waals surface area contributed by atoms with E-state index in [0.29, 0.717) is 5.56 Å². The highest BCUT2D eigenvalue weighted by molar-refractivity contribution is 5.94. The van der Waals surface area contributed by atoms with Crippen LogP contribution in [-0.4, -0.2) is 24.0 Å². The van der Waals surface area contributed by atoms with Crippen LogP contribution in [0.4, 0.5) is 0 Å². The Morgan fingerprint density at radius 3 is 2.83 bits per heavy atom. The van der Waals surface area contributed by atoms with Gasteiger partial charge in [0.15, 0.2) is 0 Å². The molecule has 1 aromatic heterocycles. The second kappa shape index (κ2) is 6.04. The molecule has 0 saturated carbocycles. The van der Waals surface area contributed by atoms with Crippen molar-refractivity contribution in [3.8, 4) is 5.75 Å². The second-order valence-corrected chi connectivity index (χ2v) is 6.27. The SMILES string of the molecule is COc1ccc2[nH]c3c(c2c1)CC(NC(=O)c1ccccc1)CC3. The summed E-state index contributed by atoms with van der Waals surface area (Å²) in [6.45, 7) is 0. The van der Waals surface area contributed by atoms with Gasteiger partial charge in [-0.1, -0.05) is 18.2 Å². The first-order valence-corrected chi connectivity index (χ1v) is 8.28. The molecule has 1 unspecified atom stereocenters. The number of fused-ring (bicyclic) bond motifs is 3. The van der Waals surface area contributed by atoms with Crippen LogP contribution in [0.15, 0.2) is 48.5 Å². The van der Waals surface area contributed by atoms with Crippen molar-refractivity contribution >= 4 is 16.8 Å². The van der Waals surface area contributed by atoms with Gasteiger partial charge < -0.3 is 15.0 Å². The van der Waals surface area contributed by atoms with Crippen LogP contribution in [-0.2, 0) is 12.8 Å². The van der Waals surface area contributed by atoms with Crippen LogP contribution in [0.2, 0.25) is 0 Å². The molecule has 1 atom stereocenters. The summed E-state index contributed by atoms with van der Waals surface area (Å²) in [5.41, 5.74) is 4.43. The van der Waals surface area contributed by atoms with Crippen molar-refractivity contribution < 1.29 is 9.53 Å². The van der Waals surface area contributed by atoms with E-state index in [1.807, 2.05) is 36.4 Å². The monoisotopic (exact) mass is 320 g/mol. The lowest BCUT2D eigenvalue weighted by Crippen LogP contribution is -2.38. The molecule has 2 N–H and O–H groups in total. The van der Waals surface area contributed by atoms with Gasteiger partial charge in [0.25, 0.3) is 5.91 Å². The zero-order valence-electron chi connectivity index (χ0n) is 13.6. The maximum atomic E-state index is 12.4. The molecule has 4 heteroatoms. The van der Waals surface area contributed by atoms with Crippen molar-refractivity contribution in [2.24, 2.45) is 0 Å². The van der Waals surface area contributed by atoms with Crippen molar-refractivity contribution in [3.63, 3.8) is 0 Å². The molecule has 4 nitrogen and oxygen atoms in total. The number of ether oxygens (including phenoxy) is 1. The molecule has 1 amide bonds. The van der Waals surface area contributed by atoms with Gasteiger partial charge in [-0.15, -0.1) is 0 Å². The smallest absolute Gasteiger partial charge is 0.251 e. The Labute approximate surface area is 140 Å². The van der Waals surface area contributed by atoms with E-state index in [1.54, 1.807) is 7.11 Å². The zero-order chi connectivity index (χ0) is 16.5. The van der Waals surface area contributed by atoms with E-state index in [2.05, 4.69) is 22.4 Å². The van der Waals surface area contributed by atoms with Crippen molar-refractivity contribution in [1.82, 2.24) is 10.3 Å². The first kappa shape index (κ1) is 14.8. The number of nitrogens with one attached hydrogen (secondary N) is 2. The van der Waals surface area contributed by atoms with Gasteiger partial charge in [-0.3, -0.25) is 4.79 Å². The lowest BCUT2D eigenvalue weighted by molar-refractivity contribution is 0.0933. The van der Waals surface area contributed by atoms with Gasteiger partial charge in [0.2, 0.25) is 0 Å². The molecular formula is C20H20N2O2. The minimum atomic E-state index is 0.00136. The molecule has 0 bridgehead atoms. The first-order valence-electron chi connectivity index (χ1n) is 8.28. The molecule has 0 aliphatic heterocycles. The summed E-state index contributed by atoms with van der Waals surface area (Å²) in [6, 6.07) is 15.7. The standard InChI is InChI=1S/C20H20N2O2/c1-24-15-8-10-19-17(12-15)16-11-14(7-9-18(16)22-19)21-20(23)13-5-3-2-4-6-13/h2-6,8,10,12,14,22H,7,9,11H2,1H3,(H,21,23). The van der Waals surface area contributed by atoms with Crippen molar-refractivity contribution in [2.75, 3.05) is 7.11 Å². The number of aromatic amines is 1. The van der Waals surface area contributed by atoms with E-state index in [1.165, 1.54) is 16.6 Å². The fourth-order valence-electron chi connectivity index (χ4n) is 3.50. The van der Waals surface area contributed by atoms with E-state index in [4.69, 9.17) is 4.74 Å². The Hall–Kier alpha value is -2.75. The fourth-order valence-corrected chi connectivity index (χ4v) is 3.50. The summed E-state index contributed by atoms with van der Waals surface area (Å²) in [5.74, 6) is 0.862. The number of H-pyrrole nitrogens is 1. The van der Waals surface area contributed by atoms with Crippen LogP contribution in [0.5, 0.6) is 5.75 Å². The topological polar surface area (TPSA) is 54.1 Å². The molecule has 4 rings (SSSR count). The minimum Gasteiger partial charge on any atom is -0.497 e. The molecule has 122 valence electrons. The number of amides is 1. The average Bonchev–Trinajstić information content (AvgIpc) is 2.99. The highest BCUT2D eigenvalue weighted by Gasteiger charge is 2.24. The van der Waals surface area contributed by atoms with E-state index in [9.17, 15) is 4.79 Å². The predicted octanol–water partition coefficient (Wildman–Crippen LogP) is 3.46. The summed E-state index contributed by atoms with van der Waals surface area (Å²) in [5, 5.41) is 4.37. The Kier molecular flexibility index (Phi) is 3.73. The highest BCUT2D eigenvalue weighted by Crippen LogP contribution is 2.31. The third-order valence-corrected chi connectivity index (χ3v) is 4.77. The molecule has 0 saturated heterocycles. The molecule has 1 aliphatic carbocycles. The molecule has 1 heterocycles. The average molecular weight is 320 g/mol. The lowest BCUT2D eigenvalue weighted by atomic mass is 9.91. The van der Waals surface area contributed by atoms with Crippen LogP contribution < -0.4 is 10.1 Å². The van der Waals surface area contributed by atoms with Gasteiger partial charge in [0.05, 0.1) is 7.11 Å². The summed E-state index contributed by atoms with van der Waals surface area (Å²) < 4.78 is 5.35. The summed E-state index contributed by atoms with van der Waals surface area (Å²) >= 11 is 0. The number of hydrogen-bond donors (Lipinski definition) is 2. The molecular weight excluding hydrogens is 300 g/mol. The van der Waals surface area contributed by atoms with Gasteiger partial charge in [-0.25, -0.2) is 0 Å². The lowest BCUT2D eigenvalue weighted by Gasteiger charge is -2.23. The van der Waals surface area contributed by atoms with Gasteiger partial charge >= 0.3 is 0 Å². The largest absolute Gasteiger partial charge is 0.497 e. The maximum Gasteiger partial charge on any atom is 0.251 e. The fraction of sp³-hybridized carbons (Fsp3) is 0.250. The molecule has 0 radical (unpaired) electrons. The van der Waals surface area contributed by atoms with Crippen molar-refractivity contribution in [2.45, 2.75) is 25.3 Å². The quantitative estimate of drug-likeness (QED) is 0.776. The minimum absolute atomic E-state index is 0.00136. The number of hydrogen-bond acceptors (Lipinski definition) is 2. The predicted molar refractivity (Wildman–Crippen MR) is 94.6 cm³/mol. The van der Waals surface area contributed by atoms with Crippen molar-refractivity contribution in [3.05, 3.63) is 65.4 Å². The number of carbonyl (C=O) groups is 1. The van der Waals surface area contributed by atoms with Crippen LogP contribution in [0, 0.1) is 0 Å². The van der Waals surface area contributed by atoms with Crippen LogP contribution in [0.25, 0.3) is 10.9 Å². The second-order valence-electron chi connectivity index (χ2n) is 6.27. The Bertz CT molecular complexity index is 883. The molecule has 24 heavy (non-hydrogen) atoms. The van der Waals surface area contributed by atoms with E-state index in [0.717, 1.165) is 30.5 Å². The first-order chi connectivity index (χ1) is 11.7. The molecule has 2 aromatic carbocycles. The summed E-state index contributed by atoms with van der Waals surface area (Å²) in [6.07, 6.45) is 2.75. The van der Waals surface area contributed by atoms with E-state index < -0.39 is 0 Å². The number of benzene rings is 2. The number of methoxy groups -OCH3 is 1. The molecule has 3 aromatic rings. The third kappa shape index (κ3) is 2.64. The maximum absolute atomic E-state index is 12.4. The summed E-state index contributed by atoms with van der Waals surface area (Å²) in [7, 11) is 1.68. The van der Waals surface area contributed by atoms with E-state index >= 15 is 0 Å². The Morgan fingerprint density at radius 1 is 1.21 bits per heavy atom.